The minimum absolute atomic E-state index is 0.0635. The highest BCUT2D eigenvalue weighted by Gasteiger charge is 2.30. The summed E-state index contributed by atoms with van der Waals surface area (Å²) in [4.78, 5) is 11.7. The lowest BCUT2D eigenvalue weighted by Gasteiger charge is -2.12. The maximum atomic E-state index is 12.4. The number of carbonyl (C=O) groups is 1. The zero-order valence-electron chi connectivity index (χ0n) is 13.2. The molecule has 0 aromatic heterocycles. The van der Waals surface area contributed by atoms with Crippen molar-refractivity contribution in [3.63, 3.8) is 0 Å². The molecule has 140 valence electrons. The van der Waals surface area contributed by atoms with Crippen LogP contribution in [0.15, 0.2) is 48.5 Å². The number of rotatable bonds is 7. The van der Waals surface area contributed by atoms with E-state index in [1.807, 2.05) is 0 Å². The Balaban J connectivity index is 1.84. The van der Waals surface area contributed by atoms with E-state index >= 15 is 0 Å². The van der Waals surface area contributed by atoms with Gasteiger partial charge in [-0.1, -0.05) is 18.2 Å². The topological polar surface area (TPSA) is 47.6 Å². The number of hydrogen-bond acceptors (Lipinski definition) is 3. The summed E-state index contributed by atoms with van der Waals surface area (Å²) in [6.45, 7) is -3.50. The number of amides is 1. The van der Waals surface area contributed by atoms with Crippen LogP contribution in [0.5, 0.6) is 11.5 Å². The molecule has 0 atom stereocenters. The van der Waals surface area contributed by atoms with E-state index in [1.165, 1.54) is 18.2 Å². The second-order valence-electron chi connectivity index (χ2n) is 5.07. The first-order chi connectivity index (χ1) is 12.3. The van der Waals surface area contributed by atoms with Crippen LogP contribution in [0.4, 0.5) is 22.0 Å². The highest BCUT2D eigenvalue weighted by molar-refractivity contribution is 5.77. The van der Waals surface area contributed by atoms with Gasteiger partial charge in [-0.3, -0.25) is 4.79 Å². The molecule has 26 heavy (non-hydrogen) atoms. The average Bonchev–Trinajstić information content (AvgIpc) is 2.58. The molecule has 4 nitrogen and oxygen atoms in total. The molecule has 0 aliphatic carbocycles. The molecule has 9 heteroatoms. The van der Waals surface area contributed by atoms with Crippen LogP contribution in [0.3, 0.4) is 0 Å². The van der Waals surface area contributed by atoms with Gasteiger partial charge in [0.1, 0.15) is 11.5 Å². The predicted molar refractivity (Wildman–Crippen MR) is 81.9 cm³/mol. The van der Waals surface area contributed by atoms with Crippen LogP contribution in [0.1, 0.15) is 11.1 Å². The van der Waals surface area contributed by atoms with Crippen LogP contribution < -0.4 is 14.8 Å². The van der Waals surface area contributed by atoms with Gasteiger partial charge in [-0.05, 0) is 30.3 Å². The van der Waals surface area contributed by atoms with Crippen LogP contribution in [0.25, 0.3) is 0 Å². The van der Waals surface area contributed by atoms with Crippen LogP contribution >= 0.6 is 0 Å². The van der Waals surface area contributed by atoms with Crippen LogP contribution in [0, 0.1) is 0 Å². The second kappa shape index (κ2) is 8.50. The van der Waals surface area contributed by atoms with E-state index in [0.717, 1.165) is 24.3 Å². The van der Waals surface area contributed by atoms with Crippen LogP contribution in [0.2, 0.25) is 0 Å². The number of alkyl halides is 5. The van der Waals surface area contributed by atoms with Gasteiger partial charge >= 0.3 is 12.8 Å². The van der Waals surface area contributed by atoms with Crippen molar-refractivity contribution in [3.8, 4) is 11.5 Å². The SMILES string of the molecule is O=C(COc1ccc(C(F)(F)F)cc1)NCc1ccccc1OC(F)F. The van der Waals surface area contributed by atoms with E-state index in [1.54, 1.807) is 6.07 Å². The van der Waals surface area contributed by atoms with Crippen molar-refractivity contribution in [2.24, 2.45) is 0 Å². The molecule has 0 unspecified atom stereocenters. The minimum Gasteiger partial charge on any atom is -0.484 e. The fourth-order valence-corrected chi connectivity index (χ4v) is 1.99. The summed E-state index contributed by atoms with van der Waals surface area (Å²) in [6, 6.07) is 9.83. The van der Waals surface area contributed by atoms with Crippen LogP contribution in [-0.2, 0) is 17.5 Å². The average molecular weight is 375 g/mol. The van der Waals surface area contributed by atoms with Crippen molar-refractivity contribution in [1.82, 2.24) is 5.32 Å². The third kappa shape index (κ3) is 5.91. The first-order valence-corrected chi connectivity index (χ1v) is 7.35. The van der Waals surface area contributed by atoms with E-state index in [9.17, 15) is 26.7 Å². The van der Waals surface area contributed by atoms with Gasteiger partial charge in [-0.2, -0.15) is 22.0 Å². The predicted octanol–water partition coefficient (Wildman–Crippen LogP) is 4.00. The molecule has 0 heterocycles. The normalized spacial score (nSPS) is 11.3. The summed E-state index contributed by atoms with van der Waals surface area (Å²) in [7, 11) is 0. The van der Waals surface area contributed by atoms with Gasteiger partial charge in [0.15, 0.2) is 6.61 Å². The van der Waals surface area contributed by atoms with E-state index in [4.69, 9.17) is 4.74 Å². The molecule has 0 aliphatic heterocycles. The zero-order chi connectivity index (χ0) is 19.2. The lowest BCUT2D eigenvalue weighted by Crippen LogP contribution is -2.28. The maximum Gasteiger partial charge on any atom is 0.416 e. The van der Waals surface area contributed by atoms with E-state index in [-0.39, 0.29) is 18.0 Å². The Hall–Kier alpha value is -2.84. The van der Waals surface area contributed by atoms with Crippen molar-refractivity contribution in [3.05, 3.63) is 59.7 Å². The molecule has 1 N–H and O–H groups in total. The molecule has 2 aromatic carbocycles. The summed E-state index contributed by atoms with van der Waals surface area (Å²) >= 11 is 0. The number of benzene rings is 2. The summed E-state index contributed by atoms with van der Waals surface area (Å²) in [6.07, 6.45) is -4.45. The molecule has 0 spiro atoms. The molecule has 0 saturated carbocycles. The molecule has 2 aromatic rings. The molecular formula is C17H14F5NO3. The van der Waals surface area contributed by atoms with Gasteiger partial charge in [0, 0.05) is 12.1 Å². The Labute approximate surface area is 145 Å². The monoisotopic (exact) mass is 375 g/mol. The third-order valence-corrected chi connectivity index (χ3v) is 3.22. The van der Waals surface area contributed by atoms with Crippen LogP contribution in [-0.4, -0.2) is 19.1 Å². The van der Waals surface area contributed by atoms with E-state index in [2.05, 4.69) is 10.1 Å². The highest BCUT2D eigenvalue weighted by atomic mass is 19.4. The largest absolute Gasteiger partial charge is 0.484 e. The van der Waals surface area contributed by atoms with Crippen molar-refractivity contribution < 1.29 is 36.2 Å². The van der Waals surface area contributed by atoms with E-state index < -0.39 is 30.9 Å². The van der Waals surface area contributed by atoms with E-state index in [0.29, 0.717) is 5.56 Å². The number of ether oxygens (including phenoxy) is 2. The smallest absolute Gasteiger partial charge is 0.416 e. The van der Waals surface area contributed by atoms with Crippen molar-refractivity contribution in [2.75, 3.05) is 6.61 Å². The van der Waals surface area contributed by atoms with Crippen molar-refractivity contribution in [2.45, 2.75) is 19.3 Å². The second-order valence-corrected chi connectivity index (χ2v) is 5.07. The Morgan fingerprint density at radius 2 is 1.69 bits per heavy atom. The first kappa shape index (κ1) is 19.5. The quantitative estimate of drug-likeness (QED) is 0.744. The van der Waals surface area contributed by atoms with Gasteiger partial charge in [-0.15, -0.1) is 0 Å². The van der Waals surface area contributed by atoms with Crippen molar-refractivity contribution in [1.29, 1.82) is 0 Å². The molecule has 0 bridgehead atoms. The van der Waals surface area contributed by atoms with Gasteiger partial charge in [0.05, 0.1) is 5.56 Å². The summed E-state index contributed by atoms with van der Waals surface area (Å²) < 4.78 is 71.4. The van der Waals surface area contributed by atoms with Gasteiger partial charge in [-0.25, -0.2) is 0 Å². The fraction of sp³-hybridized carbons (Fsp3) is 0.235. The number of halogens is 5. The molecule has 1 amide bonds. The minimum atomic E-state index is -4.45. The summed E-state index contributed by atoms with van der Waals surface area (Å²) in [5.41, 5.74) is -0.486. The molecule has 0 fully saturated rings. The molecule has 2 rings (SSSR count). The Kier molecular flexibility index (Phi) is 6.37. The maximum absolute atomic E-state index is 12.4. The standard InChI is InChI=1S/C17H14F5NO3/c18-16(19)26-14-4-2-1-3-11(14)9-23-15(24)10-25-13-7-5-12(6-8-13)17(20,21)22/h1-8,16H,9-10H2,(H,23,24). The number of hydrogen-bond donors (Lipinski definition) is 1. The lowest BCUT2D eigenvalue weighted by atomic mass is 10.2. The summed E-state index contributed by atoms with van der Waals surface area (Å²) in [5, 5.41) is 2.45. The van der Waals surface area contributed by atoms with Gasteiger partial charge in [0.2, 0.25) is 0 Å². The Bertz CT molecular complexity index is 732. The molecular weight excluding hydrogens is 361 g/mol. The molecule has 0 aliphatic rings. The fourth-order valence-electron chi connectivity index (χ4n) is 1.99. The summed E-state index contributed by atoms with van der Waals surface area (Å²) in [5.74, 6) is -0.544. The number of nitrogens with one attached hydrogen (secondary N) is 1. The zero-order valence-corrected chi connectivity index (χ0v) is 13.2. The number of para-hydroxylation sites is 1. The Morgan fingerprint density at radius 3 is 2.31 bits per heavy atom. The number of carbonyl (C=O) groups excluding carboxylic acids is 1. The van der Waals surface area contributed by atoms with Crippen molar-refractivity contribution >= 4 is 5.91 Å². The molecule has 0 saturated heterocycles. The molecule has 0 radical (unpaired) electrons. The van der Waals surface area contributed by atoms with Gasteiger partial charge < -0.3 is 14.8 Å². The van der Waals surface area contributed by atoms with Gasteiger partial charge in [0.25, 0.3) is 5.91 Å². The highest BCUT2D eigenvalue weighted by Crippen LogP contribution is 2.30. The third-order valence-electron chi connectivity index (χ3n) is 3.22. The Morgan fingerprint density at radius 1 is 1.04 bits per heavy atom. The lowest BCUT2D eigenvalue weighted by molar-refractivity contribution is -0.137. The first-order valence-electron chi connectivity index (χ1n) is 7.35.